The fraction of sp³-hybridized carbons (Fsp3) is 0.250. The summed E-state index contributed by atoms with van der Waals surface area (Å²) in [6.07, 6.45) is 1.33. The molecule has 0 spiro atoms. The van der Waals surface area contributed by atoms with Gasteiger partial charge in [-0.2, -0.15) is 9.78 Å². The normalized spacial score (nSPS) is 11.7. The minimum Gasteiger partial charge on any atom is -0.490 e. The number of nitrogens with zero attached hydrogens (tertiary/aromatic N) is 4. The molecule has 4 rings (SSSR count). The lowest BCUT2D eigenvalue weighted by atomic mass is 9.95. The Morgan fingerprint density at radius 1 is 1.15 bits per heavy atom. The number of fused-ring (bicyclic) bond motifs is 1. The van der Waals surface area contributed by atoms with Crippen molar-refractivity contribution in [3.63, 3.8) is 0 Å². The number of aromatic nitrogens is 2. The van der Waals surface area contributed by atoms with Gasteiger partial charge in [-0.25, -0.2) is 9.37 Å². The van der Waals surface area contributed by atoms with E-state index in [0.717, 1.165) is 4.47 Å². The zero-order valence-corrected chi connectivity index (χ0v) is 23.4. The monoisotopic (exact) mass is 596 g/mol. The lowest BCUT2D eigenvalue weighted by molar-refractivity contribution is -0.386. The predicted molar refractivity (Wildman–Crippen MR) is 150 cm³/mol. The summed E-state index contributed by atoms with van der Waals surface area (Å²) in [5, 5.41) is 16.7. The number of halogens is 2. The van der Waals surface area contributed by atoms with Crippen LogP contribution in [0.4, 0.5) is 10.1 Å². The van der Waals surface area contributed by atoms with Crippen LogP contribution < -0.4 is 15.0 Å². The summed E-state index contributed by atoms with van der Waals surface area (Å²) in [7, 11) is 0. The number of benzene rings is 3. The summed E-state index contributed by atoms with van der Waals surface area (Å²) in [6.45, 7) is 7.41. The smallest absolute Gasteiger partial charge is 0.315 e. The molecule has 0 bridgehead atoms. The summed E-state index contributed by atoms with van der Waals surface area (Å²) >= 11 is 3.38. The average molecular weight is 597 g/mol. The van der Waals surface area contributed by atoms with Crippen LogP contribution in [0.25, 0.3) is 10.9 Å². The molecule has 1 heterocycles. The molecule has 0 saturated carbocycles. The van der Waals surface area contributed by atoms with Crippen molar-refractivity contribution in [2.75, 3.05) is 6.61 Å². The SMILES string of the molecule is CCOc1cc(C=Nn2c(C(C)(C)C)nc3ccc(Br)cc3c2=O)cc([N+](=O)[O-])c1OCc1ccccc1F. The van der Waals surface area contributed by atoms with Gasteiger partial charge in [-0.1, -0.05) is 54.9 Å². The fourth-order valence-corrected chi connectivity index (χ4v) is 4.22. The minimum atomic E-state index is -0.613. The molecule has 9 nitrogen and oxygen atoms in total. The first kappa shape index (κ1) is 27.9. The highest BCUT2D eigenvalue weighted by Crippen LogP contribution is 2.39. The molecule has 0 aliphatic rings. The van der Waals surface area contributed by atoms with E-state index in [-0.39, 0.29) is 41.5 Å². The summed E-state index contributed by atoms with van der Waals surface area (Å²) in [5.41, 5.74) is -0.237. The molecule has 0 radical (unpaired) electrons. The highest BCUT2D eigenvalue weighted by Gasteiger charge is 2.25. The van der Waals surface area contributed by atoms with E-state index >= 15 is 0 Å². The van der Waals surface area contributed by atoms with E-state index < -0.39 is 16.2 Å². The van der Waals surface area contributed by atoms with Crippen molar-refractivity contribution in [1.29, 1.82) is 0 Å². The van der Waals surface area contributed by atoms with Gasteiger partial charge in [-0.05, 0) is 37.3 Å². The largest absolute Gasteiger partial charge is 0.490 e. The van der Waals surface area contributed by atoms with E-state index in [1.165, 1.54) is 35.2 Å². The zero-order chi connectivity index (χ0) is 28.3. The van der Waals surface area contributed by atoms with Crippen molar-refractivity contribution in [1.82, 2.24) is 9.66 Å². The molecule has 1 aromatic heterocycles. The van der Waals surface area contributed by atoms with E-state index in [2.05, 4.69) is 26.0 Å². The van der Waals surface area contributed by atoms with E-state index in [4.69, 9.17) is 9.47 Å². The van der Waals surface area contributed by atoms with Crippen molar-refractivity contribution in [3.8, 4) is 11.5 Å². The third kappa shape index (κ3) is 6.14. The van der Waals surface area contributed by atoms with Gasteiger partial charge < -0.3 is 9.47 Å². The van der Waals surface area contributed by atoms with E-state index in [9.17, 15) is 19.3 Å². The minimum absolute atomic E-state index is 0.0912. The Kier molecular flexibility index (Phi) is 8.10. The third-order valence-electron chi connectivity index (χ3n) is 5.69. The summed E-state index contributed by atoms with van der Waals surface area (Å²) in [4.78, 5) is 29.5. The predicted octanol–water partition coefficient (Wildman–Crippen LogP) is 6.36. The molecule has 11 heteroatoms. The number of ether oxygens (including phenoxy) is 2. The second-order valence-corrected chi connectivity index (χ2v) is 10.6. The molecule has 202 valence electrons. The standard InChI is InChI=1S/C28H26BrFN4O5/c1-5-38-24-13-17(12-23(34(36)37)25(24)39-16-18-8-6-7-9-21(18)30)15-31-33-26(35)20-14-19(29)10-11-22(20)32-27(33)28(2,3)4/h6-15H,5,16H2,1-4H3. The maximum Gasteiger partial charge on any atom is 0.315 e. The number of rotatable bonds is 8. The van der Waals surface area contributed by atoms with Crippen molar-refractivity contribution in [2.45, 2.75) is 39.7 Å². The van der Waals surface area contributed by atoms with Crippen LogP contribution >= 0.6 is 15.9 Å². The molecular formula is C28H26BrFN4O5. The number of nitro benzene ring substituents is 1. The molecule has 0 N–H and O–H groups in total. The van der Waals surface area contributed by atoms with Crippen LogP contribution in [-0.4, -0.2) is 27.4 Å². The Labute approximate surface area is 232 Å². The third-order valence-corrected chi connectivity index (χ3v) is 6.18. The van der Waals surface area contributed by atoms with Crippen LogP contribution in [0.3, 0.4) is 0 Å². The van der Waals surface area contributed by atoms with Gasteiger partial charge in [0.15, 0.2) is 5.75 Å². The van der Waals surface area contributed by atoms with Gasteiger partial charge in [0.25, 0.3) is 5.56 Å². The van der Waals surface area contributed by atoms with Crippen LogP contribution in [0.15, 0.2) is 69.0 Å². The van der Waals surface area contributed by atoms with Crippen molar-refractivity contribution < 1.29 is 18.8 Å². The molecule has 0 fully saturated rings. The fourth-order valence-electron chi connectivity index (χ4n) is 3.86. The van der Waals surface area contributed by atoms with Crippen molar-refractivity contribution in [2.24, 2.45) is 5.10 Å². The van der Waals surface area contributed by atoms with Crippen molar-refractivity contribution >= 4 is 38.7 Å². The summed E-state index contributed by atoms with van der Waals surface area (Å²) in [5.74, 6) is -0.110. The quantitative estimate of drug-likeness (QED) is 0.133. The number of hydrogen-bond donors (Lipinski definition) is 0. The zero-order valence-electron chi connectivity index (χ0n) is 21.8. The van der Waals surface area contributed by atoms with Gasteiger partial charge >= 0.3 is 5.69 Å². The van der Waals surface area contributed by atoms with Gasteiger partial charge in [-0.15, -0.1) is 0 Å². The van der Waals surface area contributed by atoms with Crippen LogP contribution in [-0.2, 0) is 12.0 Å². The van der Waals surface area contributed by atoms with Gasteiger partial charge in [-0.3, -0.25) is 14.9 Å². The maximum absolute atomic E-state index is 14.1. The van der Waals surface area contributed by atoms with E-state index in [1.54, 1.807) is 37.3 Å². The van der Waals surface area contributed by atoms with Crippen LogP contribution in [0.5, 0.6) is 11.5 Å². The van der Waals surface area contributed by atoms with Crippen LogP contribution in [0.1, 0.15) is 44.6 Å². The lowest BCUT2D eigenvalue weighted by Gasteiger charge is -2.21. The molecule has 39 heavy (non-hydrogen) atoms. The van der Waals surface area contributed by atoms with Gasteiger partial charge in [0.05, 0.1) is 28.6 Å². The van der Waals surface area contributed by atoms with Crippen LogP contribution in [0, 0.1) is 15.9 Å². The van der Waals surface area contributed by atoms with Gasteiger partial charge in [0.1, 0.15) is 18.2 Å². The van der Waals surface area contributed by atoms with Crippen LogP contribution in [0.2, 0.25) is 0 Å². The van der Waals surface area contributed by atoms with E-state index in [0.29, 0.717) is 22.3 Å². The molecule has 0 amide bonds. The second kappa shape index (κ2) is 11.3. The van der Waals surface area contributed by atoms with E-state index in [1.807, 2.05) is 20.8 Å². The highest BCUT2D eigenvalue weighted by atomic mass is 79.9. The van der Waals surface area contributed by atoms with Crippen molar-refractivity contribution in [3.05, 3.63) is 102 Å². The molecule has 4 aromatic rings. The Balaban J connectivity index is 1.81. The topological polar surface area (TPSA) is 109 Å². The number of nitro groups is 1. The molecule has 0 aliphatic carbocycles. The average Bonchev–Trinajstić information content (AvgIpc) is 2.87. The Bertz CT molecular complexity index is 1650. The first-order valence-corrected chi connectivity index (χ1v) is 12.9. The highest BCUT2D eigenvalue weighted by molar-refractivity contribution is 9.10. The molecular weight excluding hydrogens is 571 g/mol. The Morgan fingerprint density at radius 2 is 1.90 bits per heavy atom. The number of hydrogen-bond acceptors (Lipinski definition) is 7. The molecule has 3 aromatic carbocycles. The Hall–Kier alpha value is -4.12. The van der Waals surface area contributed by atoms with Gasteiger partial charge in [0, 0.05) is 27.1 Å². The first-order chi connectivity index (χ1) is 18.5. The molecule has 0 unspecified atom stereocenters. The Morgan fingerprint density at radius 3 is 2.56 bits per heavy atom. The molecule has 0 atom stereocenters. The van der Waals surface area contributed by atoms with Gasteiger partial charge in [0.2, 0.25) is 5.75 Å². The maximum atomic E-state index is 14.1. The lowest BCUT2D eigenvalue weighted by Crippen LogP contribution is -2.29. The molecule has 0 aliphatic heterocycles. The molecule has 0 saturated heterocycles. The summed E-state index contributed by atoms with van der Waals surface area (Å²) < 4.78 is 27.3. The summed E-state index contributed by atoms with van der Waals surface area (Å²) in [6, 6.07) is 14.0. The second-order valence-electron chi connectivity index (χ2n) is 9.65. The first-order valence-electron chi connectivity index (χ1n) is 12.1.